The molecular formula is C18H21N3O6. The monoisotopic (exact) mass is 375 g/mol. The van der Waals surface area contributed by atoms with Gasteiger partial charge in [0.05, 0.1) is 17.9 Å². The number of carbonyl (C=O) groups excluding carboxylic acids is 5. The van der Waals surface area contributed by atoms with E-state index in [9.17, 15) is 24.0 Å². The number of para-hydroxylation sites is 1. The van der Waals surface area contributed by atoms with Crippen LogP contribution in [-0.2, 0) is 19.1 Å². The van der Waals surface area contributed by atoms with Crippen molar-refractivity contribution in [3.05, 3.63) is 29.8 Å². The van der Waals surface area contributed by atoms with Crippen molar-refractivity contribution in [2.45, 2.75) is 26.7 Å². The van der Waals surface area contributed by atoms with Crippen LogP contribution in [0.15, 0.2) is 24.3 Å². The van der Waals surface area contributed by atoms with Crippen LogP contribution in [-0.4, -0.2) is 59.2 Å². The fourth-order valence-corrected chi connectivity index (χ4v) is 2.52. The second kappa shape index (κ2) is 8.93. The molecule has 9 nitrogen and oxygen atoms in total. The van der Waals surface area contributed by atoms with Crippen LogP contribution in [0.5, 0.6) is 0 Å². The number of nitrogens with one attached hydrogen (secondary N) is 1. The summed E-state index contributed by atoms with van der Waals surface area (Å²) in [6.07, 6.45) is 1.31. The lowest BCUT2D eigenvalue weighted by molar-refractivity contribution is -0.143. The van der Waals surface area contributed by atoms with Gasteiger partial charge in [-0.3, -0.25) is 19.3 Å². The second-order valence-corrected chi connectivity index (χ2v) is 5.80. The van der Waals surface area contributed by atoms with E-state index < -0.39 is 36.3 Å². The fraction of sp³-hybridized carbons (Fsp3) is 0.389. The molecule has 1 saturated heterocycles. The topological polar surface area (TPSA) is 113 Å². The van der Waals surface area contributed by atoms with Crippen LogP contribution < -0.4 is 5.32 Å². The predicted octanol–water partition coefficient (Wildman–Crippen LogP) is 1.39. The Balaban J connectivity index is 2.08. The average molecular weight is 375 g/mol. The lowest BCUT2D eigenvalue weighted by Gasteiger charge is -2.15. The van der Waals surface area contributed by atoms with Crippen molar-refractivity contribution in [3.8, 4) is 0 Å². The molecule has 144 valence electrons. The first-order valence-corrected chi connectivity index (χ1v) is 8.64. The smallest absolute Gasteiger partial charge is 0.340 e. The lowest BCUT2D eigenvalue weighted by Crippen LogP contribution is -2.39. The number of amides is 5. The minimum Gasteiger partial charge on any atom is -0.462 e. The van der Waals surface area contributed by atoms with E-state index in [0.29, 0.717) is 11.3 Å². The molecule has 1 aromatic rings. The first-order chi connectivity index (χ1) is 12.9. The molecule has 5 amide bonds. The molecule has 1 aromatic carbocycles. The normalized spacial score (nSPS) is 13.9. The van der Waals surface area contributed by atoms with Crippen LogP contribution in [0.4, 0.5) is 10.5 Å². The Bertz CT molecular complexity index is 776. The number of esters is 1. The molecule has 0 aromatic heterocycles. The molecular weight excluding hydrogens is 354 g/mol. The van der Waals surface area contributed by atoms with Crippen LogP contribution >= 0.6 is 0 Å². The van der Waals surface area contributed by atoms with Crippen molar-refractivity contribution in [1.29, 1.82) is 0 Å². The number of anilines is 1. The number of carbonyl (C=O) groups is 5. The average Bonchev–Trinajstić information content (AvgIpc) is 2.84. The first kappa shape index (κ1) is 20.1. The third-order valence-corrected chi connectivity index (χ3v) is 3.87. The number of hydrogen-bond donors (Lipinski definition) is 1. The second-order valence-electron chi connectivity index (χ2n) is 5.80. The van der Waals surface area contributed by atoms with E-state index in [1.165, 1.54) is 12.1 Å². The molecule has 1 heterocycles. The van der Waals surface area contributed by atoms with E-state index in [-0.39, 0.29) is 24.4 Å². The fourth-order valence-electron chi connectivity index (χ4n) is 2.52. The molecule has 1 fully saturated rings. The molecule has 9 heteroatoms. The Morgan fingerprint density at radius 2 is 1.70 bits per heavy atom. The highest BCUT2D eigenvalue weighted by Gasteiger charge is 2.44. The first-order valence-electron chi connectivity index (χ1n) is 8.64. The zero-order valence-electron chi connectivity index (χ0n) is 15.2. The summed E-state index contributed by atoms with van der Waals surface area (Å²) in [6, 6.07) is 5.39. The maximum absolute atomic E-state index is 12.3. The summed E-state index contributed by atoms with van der Waals surface area (Å²) in [6.45, 7) is 3.23. The molecule has 1 N–H and O–H groups in total. The maximum Gasteiger partial charge on any atom is 0.340 e. The third kappa shape index (κ3) is 4.49. The number of ether oxygens (including phenoxy) is 1. The quantitative estimate of drug-likeness (QED) is 0.417. The van der Waals surface area contributed by atoms with Gasteiger partial charge in [-0.05, 0) is 25.5 Å². The Hall–Kier alpha value is -3.23. The summed E-state index contributed by atoms with van der Waals surface area (Å²) < 4.78 is 4.92. The van der Waals surface area contributed by atoms with Gasteiger partial charge in [-0.2, -0.15) is 0 Å². The highest BCUT2D eigenvalue weighted by molar-refractivity contribution is 6.45. The molecule has 0 unspecified atom stereocenters. The zero-order chi connectivity index (χ0) is 20.0. The van der Waals surface area contributed by atoms with Gasteiger partial charge in [0.15, 0.2) is 0 Å². The van der Waals surface area contributed by atoms with Crippen LogP contribution in [0.3, 0.4) is 0 Å². The number of unbranched alkanes of at least 4 members (excludes halogenated alkanes) is 1. The van der Waals surface area contributed by atoms with E-state index in [4.69, 9.17) is 4.74 Å². The van der Waals surface area contributed by atoms with Gasteiger partial charge in [0.2, 0.25) is 5.91 Å². The van der Waals surface area contributed by atoms with Crippen LogP contribution in [0.25, 0.3) is 0 Å². The van der Waals surface area contributed by atoms with Gasteiger partial charge < -0.3 is 10.1 Å². The van der Waals surface area contributed by atoms with E-state index in [0.717, 1.165) is 11.3 Å². The number of nitrogens with zero attached hydrogens (tertiary/aromatic N) is 2. The summed E-state index contributed by atoms with van der Waals surface area (Å²) in [5.41, 5.74) is 0.335. The van der Waals surface area contributed by atoms with Crippen LogP contribution in [0.2, 0.25) is 0 Å². The van der Waals surface area contributed by atoms with Crippen molar-refractivity contribution >= 4 is 35.4 Å². The standard InChI is InChI=1S/C18H21N3O6/c1-3-5-10-20-15(23)16(24)21(18(20)26)11-14(22)19-13-9-7-6-8-12(13)17(25)27-4-2/h6-9H,3-5,10-11H2,1-2H3,(H,19,22). The number of imide groups is 2. The maximum atomic E-state index is 12.3. The molecule has 0 atom stereocenters. The largest absolute Gasteiger partial charge is 0.462 e. The van der Waals surface area contributed by atoms with E-state index in [1.807, 2.05) is 6.92 Å². The van der Waals surface area contributed by atoms with Crippen LogP contribution in [0, 0.1) is 0 Å². The zero-order valence-corrected chi connectivity index (χ0v) is 15.2. The molecule has 1 aliphatic rings. The predicted molar refractivity (Wildman–Crippen MR) is 94.8 cm³/mol. The molecule has 27 heavy (non-hydrogen) atoms. The van der Waals surface area contributed by atoms with Crippen molar-refractivity contribution in [1.82, 2.24) is 9.80 Å². The highest BCUT2D eigenvalue weighted by Crippen LogP contribution is 2.17. The third-order valence-electron chi connectivity index (χ3n) is 3.87. The summed E-state index contributed by atoms with van der Waals surface area (Å²) in [7, 11) is 0. The molecule has 0 saturated carbocycles. The summed E-state index contributed by atoms with van der Waals surface area (Å²) in [5.74, 6) is -3.29. The summed E-state index contributed by atoms with van der Waals surface area (Å²) in [4.78, 5) is 61.8. The number of urea groups is 1. The van der Waals surface area contributed by atoms with Gasteiger partial charge in [-0.1, -0.05) is 25.5 Å². The van der Waals surface area contributed by atoms with Crippen molar-refractivity contribution in [2.75, 3.05) is 25.0 Å². The van der Waals surface area contributed by atoms with Crippen LogP contribution in [0.1, 0.15) is 37.0 Å². The molecule has 0 radical (unpaired) electrons. The number of hydrogen-bond acceptors (Lipinski definition) is 6. The molecule has 0 bridgehead atoms. The van der Waals surface area contributed by atoms with E-state index in [1.54, 1.807) is 19.1 Å². The van der Waals surface area contributed by atoms with Gasteiger partial charge in [0.1, 0.15) is 6.54 Å². The highest BCUT2D eigenvalue weighted by atomic mass is 16.5. The minimum atomic E-state index is -1.04. The van der Waals surface area contributed by atoms with Crippen molar-refractivity contribution in [2.24, 2.45) is 0 Å². The number of benzene rings is 1. The molecule has 0 aliphatic carbocycles. The molecule has 2 rings (SSSR count). The van der Waals surface area contributed by atoms with E-state index >= 15 is 0 Å². The van der Waals surface area contributed by atoms with Gasteiger partial charge in [-0.25, -0.2) is 14.5 Å². The van der Waals surface area contributed by atoms with Gasteiger partial charge in [0, 0.05) is 6.54 Å². The summed E-state index contributed by atoms with van der Waals surface area (Å²) in [5, 5.41) is 2.47. The molecule has 1 aliphatic heterocycles. The van der Waals surface area contributed by atoms with Crippen molar-refractivity contribution < 1.29 is 28.7 Å². The van der Waals surface area contributed by atoms with Gasteiger partial charge in [0.25, 0.3) is 0 Å². The summed E-state index contributed by atoms with van der Waals surface area (Å²) >= 11 is 0. The van der Waals surface area contributed by atoms with Crippen molar-refractivity contribution in [3.63, 3.8) is 0 Å². The Morgan fingerprint density at radius 3 is 2.37 bits per heavy atom. The SMILES string of the molecule is CCCCN1C(=O)C(=O)N(CC(=O)Nc2ccccc2C(=O)OCC)C1=O. The van der Waals surface area contributed by atoms with Gasteiger partial charge >= 0.3 is 23.8 Å². The molecule has 0 spiro atoms. The lowest BCUT2D eigenvalue weighted by atomic mass is 10.2. The Labute approximate surface area is 156 Å². The number of rotatable bonds is 8. The van der Waals surface area contributed by atoms with Gasteiger partial charge in [-0.15, -0.1) is 0 Å². The Kier molecular flexibility index (Phi) is 6.64. The minimum absolute atomic E-state index is 0.129. The van der Waals surface area contributed by atoms with E-state index in [2.05, 4.69) is 5.32 Å². The Morgan fingerprint density at radius 1 is 1.04 bits per heavy atom.